The van der Waals surface area contributed by atoms with Gasteiger partial charge in [0.25, 0.3) is 11.8 Å². The number of amides is 4. The van der Waals surface area contributed by atoms with Crippen LogP contribution in [-0.2, 0) is 28.5 Å². The first kappa shape index (κ1) is 26.7. The van der Waals surface area contributed by atoms with Crippen LogP contribution in [0.2, 0.25) is 0 Å². The molecule has 12 heteroatoms. The molecule has 2 N–H and O–H groups in total. The first-order valence-corrected chi connectivity index (χ1v) is 11.5. The van der Waals surface area contributed by atoms with E-state index in [0.717, 1.165) is 4.90 Å². The zero-order chi connectivity index (χ0) is 25.0. The molecule has 1 saturated heterocycles. The Bertz CT molecular complexity index is 913. The van der Waals surface area contributed by atoms with Crippen molar-refractivity contribution in [3.63, 3.8) is 0 Å². The van der Waals surface area contributed by atoms with Gasteiger partial charge in [0.1, 0.15) is 12.7 Å². The third-order valence-electron chi connectivity index (χ3n) is 5.37. The van der Waals surface area contributed by atoms with E-state index in [2.05, 4.69) is 10.6 Å². The number of rotatable bonds is 16. The Kier molecular flexibility index (Phi) is 10.5. The van der Waals surface area contributed by atoms with Gasteiger partial charge in [-0.2, -0.15) is 0 Å². The number of benzene rings is 1. The lowest BCUT2D eigenvalue weighted by Gasteiger charge is -2.27. The molecular formula is C23H30FN3O8. The largest absolute Gasteiger partial charge is 0.382 e. The van der Waals surface area contributed by atoms with Gasteiger partial charge in [0, 0.05) is 18.7 Å². The maximum Gasteiger partial charge on any atom is 0.264 e. The molecule has 11 nitrogen and oxygen atoms in total. The van der Waals surface area contributed by atoms with Crippen LogP contribution in [0.5, 0.6) is 0 Å². The van der Waals surface area contributed by atoms with E-state index in [9.17, 15) is 23.6 Å². The molecule has 4 amide bonds. The van der Waals surface area contributed by atoms with E-state index in [-0.39, 0.29) is 30.6 Å². The summed E-state index contributed by atoms with van der Waals surface area (Å²) in [6.07, 6.45) is 0.176. The molecule has 2 heterocycles. The summed E-state index contributed by atoms with van der Waals surface area (Å²) in [6.45, 7) is 2.59. The van der Waals surface area contributed by atoms with Crippen molar-refractivity contribution in [3.8, 4) is 0 Å². The number of imide groups is 2. The Morgan fingerprint density at radius 1 is 0.886 bits per heavy atom. The number of anilines is 1. The molecule has 0 bridgehead atoms. The molecule has 0 aliphatic carbocycles. The van der Waals surface area contributed by atoms with Crippen LogP contribution in [-0.4, -0.2) is 101 Å². The quantitative estimate of drug-likeness (QED) is 0.249. The van der Waals surface area contributed by atoms with Gasteiger partial charge < -0.3 is 24.3 Å². The predicted octanol–water partition coefficient (Wildman–Crippen LogP) is 0.536. The molecule has 192 valence electrons. The Labute approximate surface area is 202 Å². The first-order valence-electron chi connectivity index (χ1n) is 11.5. The summed E-state index contributed by atoms with van der Waals surface area (Å²) in [4.78, 5) is 50.4. The molecule has 1 aromatic rings. The number of alkyl halides is 1. The monoisotopic (exact) mass is 495 g/mol. The van der Waals surface area contributed by atoms with Crippen molar-refractivity contribution < 1.29 is 42.5 Å². The summed E-state index contributed by atoms with van der Waals surface area (Å²) in [6, 6.07) is 3.88. The molecule has 1 unspecified atom stereocenters. The average Bonchev–Trinajstić information content (AvgIpc) is 3.10. The van der Waals surface area contributed by atoms with Crippen molar-refractivity contribution in [3.05, 3.63) is 29.3 Å². The summed E-state index contributed by atoms with van der Waals surface area (Å²) >= 11 is 0. The van der Waals surface area contributed by atoms with Crippen molar-refractivity contribution in [1.29, 1.82) is 0 Å². The second-order valence-corrected chi connectivity index (χ2v) is 7.74. The molecule has 35 heavy (non-hydrogen) atoms. The fourth-order valence-electron chi connectivity index (χ4n) is 3.74. The first-order chi connectivity index (χ1) is 17.0. The van der Waals surface area contributed by atoms with Crippen LogP contribution in [0, 0.1) is 0 Å². The summed E-state index contributed by atoms with van der Waals surface area (Å²) in [5.74, 6) is -2.17. The highest BCUT2D eigenvalue weighted by Gasteiger charge is 2.45. The highest BCUT2D eigenvalue weighted by atomic mass is 19.1. The molecule has 1 fully saturated rings. The molecule has 1 atom stereocenters. The lowest BCUT2D eigenvalue weighted by molar-refractivity contribution is -0.136. The van der Waals surface area contributed by atoms with Gasteiger partial charge in [-0.3, -0.25) is 29.4 Å². The molecule has 0 aromatic heterocycles. The van der Waals surface area contributed by atoms with Crippen LogP contribution in [0.15, 0.2) is 18.2 Å². The topological polar surface area (TPSA) is 132 Å². The number of ether oxygens (including phenoxy) is 4. The summed E-state index contributed by atoms with van der Waals surface area (Å²) in [7, 11) is 0. The van der Waals surface area contributed by atoms with Crippen LogP contribution in [0.25, 0.3) is 0 Å². The third kappa shape index (κ3) is 7.28. The smallest absolute Gasteiger partial charge is 0.264 e. The lowest BCUT2D eigenvalue weighted by Crippen LogP contribution is -2.54. The summed E-state index contributed by atoms with van der Waals surface area (Å²) in [5.41, 5.74) is 0.902. The molecule has 0 spiro atoms. The van der Waals surface area contributed by atoms with E-state index in [1.807, 2.05) is 0 Å². The van der Waals surface area contributed by atoms with Crippen LogP contribution in [0.3, 0.4) is 0 Å². The van der Waals surface area contributed by atoms with Gasteiger partial charge in [0.05, 0.1) is 64.0 Å². The molecule has 0 radical (unpaired) electrons. The van der Waals surface area contributed by atoms with E-state index >= 15 is 0 Å². The average molecular weight is 496 g/mol. The minimum Gasteiger partial charge on any atom is -0.382 e. The van der Waals surface area contributed by atoms with Gasteiger partial charge >= 0.3 is 0 Å². The normalized spacial score (nSPS) is 17.6. The van der Waals surface area contributed by atoms with E-state index in [0.29, 0.717) is 58.5 Å². The van der Waals surface area contributed by atoms with Crippen molar-refractivity contribution >= 4 is 29.3 Å². The summed E-state index contributed by atoms with van der Waals surface area (Å²) in [5, 5.41) is 5.28. The van der Waals surface area contributed by atoms with E-state index in [4.69, 9.17) is 18.9 Å². The number of fused-ring (bicyclic) bond motifs is 1. The Morgan fingerprint density at radius 2 is 1.51 bits per heavy atom. The molecular weight excluding hydrogens is 465 g/mol. The SMILES string of the molecule is O=C1CCC(N2C(=O)c3cccc(NCCOCCOCCOCCOCCF)c3C2=O)C(=O)N1. The van der Waals surface area contributed by atoms with Gasteiger partial charge in [-0.05, 0) is 18.6 Å². The second kappa shape index (κ2) is 13.8. The molecule has 0 saturated carbocycles. The standard InChI is InChI=1S/C23H30FN3O8/c24-6-8-32-10-12-34-14-15-35-13-11-33-9-7-25-17-3-1-2-16-20(17)23(31)27(22(16)30)18-4-5-19(28)26-21(18)29/h1-3,18,25H,4-15H2,(H,26,28,29). The van der Waals surface area contributed by atoms with E-state index < -0.39 is 36.3 Å². The van der Waals surface area contributed by atoms with Crippen LogP contribution in [0.1, 0.15) is 33.6 Å². The Hall–Kier alpha value is -2.93. The lowest BCUT2D eigenvalue weighted by atomic mass is 10.0. The molecule has 3 rings (SSSR count). The highest BCUT2D eigenvalue weighted by molar-refractivity contribution is 6.25. The number of carbonyl (C=O) groups excluding carboxylic acids is 4. The van der Waals surface area contributed by atoms with E-state index in [1.165, 1.54) is 0 Å². The van der Waals surface area contributed by atoms with Crippen LogP contribution in [0.4, 0.5) is 10.1 Å². The number of carbonyl (C=O) groups is 4. The van der Waals surface area contributed by atoms with Gasteiger partial charge in [-0.25, -0.2) is 4.39 Å². The van der Waals surface area contributed by atoms with Crippen molar-refractivity contribution in [1.82, 2.24) is 10.2 Å². The second-order valence-electron chi connectivity index (χ2n) is 7.74. The number of nitrogens with one attached hydrogen (secondary N) is 2. The van der Waals surface area contributed by atoms with Crippen molar-refractivity contribution in [2.24, 2.45) is 0 Å². The minimum atomic E-state index is -1.00. The number of halogens is 1. The summed E-state index contributed by atoms with van der Waals surface area (Å²) < 4.78 is 32.9. The fourth-order valence-corrected chi connectivity index (χ4v) is 3.74. The number of piperidine rings is 1. The maximum absolute atomic E-state index is 13.0. The highest BCUT2D eigenvalue weighted by Crippen LogP contribution is 2.32. The zero-order valence-electron chi connectivity index (χ0n) is 19.4. The third-order valence-corrected chi connectivity index (χ3v) is 5.37. The van der Waals surface area contributed by atoms with Crippen molar-refractivity contribution in [2.45, 2.75) is 18.9 Å². The molecule has 2 aliphatic heterocycles. The maximum atomic E-state index is 13.0. The molecule has 2 aliphatic rings. The number of hydrogen-bond donors (Lipinski definition) is 2. The minimum absolute atomic E-state index is 0.0690. The van der Waals surface area contributed by atoms with Gasteiger partial charge in [-0.1, -0.05) is 6.07 Å². The fraction of sp³-hybridized carbons (Fsp3) is 0.565. The number of hydrogen-bond acceptors (Lipinski definition) is 9. The number of nitrogens with zero attached hydrogens (tertiary/aromatic N) is 1. The zero-order valence-corrected chi connectivity index (χ0v) is 19.4. The van der Waals surface area contributed by atoms with Gasteiger partial charge in [0.2, 0.25) is 11.8 Å². The van der Waals surface area contributed by atoms with E-state index in [1.54, 1.807) is 18.2 Å². The Balaban J connectivity index is 1.35. The Morgan fingerprint density at radius 3 is 2.14 bits per heavy atom. The van der Waals surface area contributed by atoms with Crippen LogP contribution < -0.4 is 10.6 Å². The van der Waals surface area contributed by atoms with Gasteiger partial charge in [0.15, 0.2) is 0 Å². The predicted molar refractivity (Wildman–Crippen MR) is 121 cm³/mol. The van der Waals surface area contributed by atoms with Crippen LogP contribution >= 0.6 is 0 Å². The molecule has 1 aromatic carbocycles. The van der Waals surface area contributed by atoms with Crippen molar-refractivity contribution in [2.75, 3.05) is 71.4 Å². The van der Waals surface area contributed by atoms with Gasteiger partial charge in [-0.15, -0.1) is 0 Å².